The standard InChI is InChI=1S/C20H18ClN3O2/c21-15-5-8-17-14(11-15)12-18(23-17)19(25)22-16-6-3-13(4-7-16)20(26)24-9-1-2-10-24/h3-8,11-12,23H,1-2,9-10H2,(H,22,25). The van der Waals surface area contributed by atoms with Gasteiger partial charge in [-0.3, -0.25) is 9.59 Å². The molecule has 1 saturated heterocycles. The number of halogens is 1. The largest absolute Gasteiger partial charge is 0.351 e. The van der Waals surface area contributed by atoms with Crippen LogP contribution in [0.15, 0.2) is 48.5 Å². The third-order valence-electron chi connectivity index (χ3n) is 4.61. The Morgan fingerprint density at radius 1 is 1.00 bits per heavy atom. The minimum absolute atomic E-state index is 0.0490. The van der Waals surface area contributed by atoms with E-state index in [9.17, 15) is 9.59 Å². The van der Waals surface area contributed by atoms with Gasteiger partial charge in [0.05, 0.1) is 0 Å². The highest BCUT2D eigenvalue weighted by atomic mass is 35.5. The Morgan fingerprint density at radius 2 is 1.73 bits per heavy atom. The van der Waals surface area contributed by atoms with Crippen molar-refractivity contribution in [2.45, 2.75) is 12.8 Å². The summed E-state index contributed by atoms with van der Waals surface area (Å²) in [5, 5.41) is 4.35. The zero-order valence-corrected chi connectivity index (χ0v) is 14.8. The minimum atomic E-state index is -0.240. The zero-order chi connectivity index (χ0) is 18.1. The molecule has 6 heteroatoms. The molecule has 0 unspecified atom stereocenters. The summed E-state index contributed by atoms with van der Waals surface area (Å²) in [4.78, 5) is 29.7. The Kier molecular flexibility index (Phi) is 4.39. The molecule has 0 atom stereocenters. The lowest BCUT2D eigenvalue weighted by Crippen LogP contribution is -2.27. The molecule has 2 heterocycles. The van der Waals surface area contributed by atoms with Gasteiger partial charge in [-0.2, -0.15) is 0 Å². The summed E-state index contributed by atoms with van der Waals surface area (Å²) in [5.41, 5.74) is 2.60. The second-order valence-electron chi connectivity index (χ2n) is 6.45. The number of benzene rings is 2. The number of aromatic nitrogens is 1. The van der Waals surface area contributed by atoms with E-state index < -0.39 is 0 Å². The summed E-state index contributed by atoms with van der Waals surface area (Å²) in [7, 11) is 0. The first-order valence-corrected chi connectivity index (χ1v) is 8.97. The van der Waals surface area contributed by atoms with Gasteiger partial charge in [0.2, 0.25) is 0 Å². The van der Waals surface area contributed by atoms with Gasteiger partial charge in [0.1, 0.15) is 5.69 Å². The average Bonchev–Trinajstić information content (AvgIpc) is 3.31. The van der Waals surface area contributed by atoms with Crippen LogP contribution in [-0.2, 0) is 0 Å². The number of carbonyl (C=O) groups excluding carboxylic acids is 2. The van der Waals surface area contributed by atoms with Gasteiger partial charge in [0, 0.05) is 40.3 Å². The van der Waals surface area contributed by atoms with E-state index in [1.54, 1.807) is 36.4 Å². The number of hydrogen-bond acceptors (Lipinski definition) is 2. The highest BCUT2D eigenvalue weighted by Crippen LogP contribution is 2.21. The fourth-order valence-electron chi connectivity index (χ4n) is 3.22. The smallest absolute Gasteiger partial charge is 0.272 e. The molecule has 4 rings (SSSR count). The predicted octanol–water partition coefficient (Wildman–Crippen LogP) is 4.31. The Hall–Kier alpha value is -2.79. The van der Waals surface area contributed by atoms with Crippen LogP contribution in [0.3, 0.4) is 0 Å². The van der Waals surface area contributed by atoms with E-state index >= 15 is 0 Å². The van der Waals surface area contributed by atoms with Gasteiger partial charge in [-0.05, 0) is 61.4 Å². The summed E-state index contributed by atoms with van der Waals surface area (Å²) >= 11 is 5.98. The number of rotatable bonds is 3. The normalized spacial score (nSPS) is 14.0. The predicted molar refractivity (Wildman–Crippen MR) is 103 cm³/mol. The molecule has 2 N–H and O–H groups in total. The topological polar surface area (TPSA) is 65.2 Å². The molecule has 1 aliphatic heterocycles. The van der Waals surface area contributed by atoms with Crippen LogP contribution in [0, 0.1) is 0 Å². The number of anilines is 1. The van der Waals surface area contributed by atoms with Crippen molar-refractivity contribution in [2.75, 3.05) is 18.4 Å². The van der Waals surface area contributed by atoms with Crippen LogP contribution in [-0.4, -0.2) is 34.8 Å². The summed E-state index contributed by atoms with van der Waals surface area (Å²) < 4.78 is 0. The fourth-order valence-corrected chi connectivity index (χ4v) is 3.40. The molecular weight excluding hydrogens is 350 g/mol. The van der Waals surface area contributed by atoms with Crippen LogP contribution in [0.5, 0.6) is 0 Å². The maximum atomic E-state index is 12.4. The van der Waals surface area contributed by atoms with Crippen molar-refractivity contribution in [1.82, 2.24) is 9.88 Å². The first kappa shape index (κ1) is 16.7. The van der Waals surface area contributed by atoms with Gasteiger partial charge in [0.25, 0.3) is 11.8 Å². The van der Waals surface area contributed by atoms with Crippen molar-refractivity contribution in [1.29, 1.82) is 0 Å². The number of nitrogens with one attached hydrogen (secondary N) is 2. The van der Waals surface area contributed by atoms with E-state index in [2.05, 4.69) is 10.3 Å². The Bertz CT molecular complexity index is 972. The molecule has 1 fully saturated rings. The molecule has 1 aliphatic rings. The number of likely N-dealkylation sites (tertiary alicyclic amines) is 1. The first-order chi connectivity index (χ1) is 12.6. The quantitative estimate of drug-likeness (QED) is 0.724. The molecule has 132 valence electrons. The van der Waals surface area contributed by atoms with E-state index in [1.807, 2.05) is 17.0 Å². The van der Waals surface area contributed by atoms with Crippen molar-refractivity contribution in [3.8, 4) is 0 Å². The maximum absolute atomic E-state index is 12.4. The molecule has 0 spiro atoms. The monoisotopic (exact) mass is 367 g/mol. The number of hydrogen-bond donors (Lipinski definition) is 2. The fraction of sp³-hybridized carbons (Fsp3) is 0.200. The molecule has 2 aromatic carbocycles. The summed E-state index contributed by atoms with van der Waals surface area (Å²) in [5.74, 6) is -0.191. The molecule has 0 saturated carbocycles. The van der Waals surface area contributed by atoms with Crippen LogP contribution in [0.2, 0.25) is 5.02 Å². The average molecular weight is 368 g/mol. The van der Waals surface area contributed by atoms with E-state index in [-0.39, 0.29) is 11.8 Å². The van der Waals surface area contributed by atoms with Crippen LogP contribution < -0.4 is 5.32 Å². The third-order valence-corrected chi connectivity index (χ3v) is 4.85. The Labute approximate surface area is 155 Å². The summed E-state index contributed by atoms with van der Waals surface area (Å²) in [6.07, 6.45) is 2.13. The molecular formula is C20H18ClN3O2. The zero-order valence-electron chi connectivity index (χ0n) is 14.1. The van der Waals surface area contributed by atoms with E-state index in [0.29, 0.717) is 22.0 Å². The van der Waals surface area contributed by atoms with Crippen molar-refractivity contribution in [3.05, 3.63) is 64.8 Å². The van der Waals surface area contributed by atoms with Crippen LogP contribution in [0.4, 0.5) is 5.69 Å². The summed E-state index contributed by atoms with van der Waals surface area (Å²) in [6, 6.07) is 14.2. The van der Waals surface area contributed by atoms with E-state index in [0.717, 1.165) is 36.8 Å². The Balaban J connectivity index is 1.47. The molecule has 1 aromatic heterocycles. The van der Waals surface area contributed by atoms with Gasteiger partial charge in [-0.1, -0.05) is 11.6 Å². The lowest BCUT2D eigenvalue weighted by molar-refractivity contribution is 0.0792. The second-order valence-corrected chi connectivity index (χ2v) is 6.88. The second kappa shape index (κ2) is 6.84. The van der Waals surface area contributed by atoms with Crippen LogP contribution in [0.1, 0.15) is 33.7 Å². The molecule has 3 aromatic rings. The van der Waals surface area contributed by atoms with E-state index in [1.165, 1.54) is 0 Å². The highest BCUT2D eigenvalue weighted by molar-refractivity contribution is 6.31. The van der Waals surface area contributed by atoms with Gasteiger partial charge >= 0.3 is 0 Å². The van der Waals surface area contributed by atoms with Crippen molar-refractivity contribution in [3.63, 3.8) is 0 Å². The lowest BCUT2D eigenvalue weighted by atomic mass is 10.2. The third kappa shape index (κ3) is 3.30. The molecule has 0 bridgehead atoms. The number of fused-ring (bicyclic) bond motifs is 1. The van der Waals surface area contributed by atoms with Crippen molar-refractivity contribution < 1.29 is 9.59 Å². The van der Waals surface area contributed by atoms with Gasteiger partial charge < -0.3 is 15.2 Å². The molecule has 5 nitrogen and oxygen atoms in total. The van der Waals surface area contributed by atoms with Crippen molar-refractivity contribution in [2.24, 2.45) is 0 Å². The summed E-state index contributed by atoms with van der Waals surface area (Å²) in [6.45, 7) is 1.64. The van der Waals surface area contributed by atoms with Gasteiger partial charge in [-0.15, -0.1) is 0 Å². The maximum Gasteiger partial charge on any atom is 0.272 e. The first-order valence-electron chi connectivity index (χ1n) is 8.59. The van der Waals surface area contributed by atoms with Crippen molar-refractivity contribution >= 4 is 40.0 Å². The van der Waals surface area contributed by atoms with Gasteiger partial charge in [0.15, 0.2) is 0 Å². The number of aromatic amines is 1. The number of nitrogens with zero attached hydrogens (tertiary/aromatic N) is 1. The number of amides is 2. The van der Waals surface area contributed by atoms with E-state index in [4.69, 9.17) is 11.6 Å². The molecule has 0 radical (unpaired) electrons. The SMILES string of the molecule is O=C(Nc1ccc(C(=O)N2CCCC2)cc1)c1cc2cc(Cl)ccc2[nH]1. The molecule has 2 amide bonds. The highest BCUT2D eigenvalue weighted by Gasteiger charge is 2.19. The Morgan fingerprint density at radius 3 is 2.46 bits per heavy atom. The lowest BCUT2D eigenvalue weighted by Gasteiger charge is -2.15. The van der Waals surface area contributed by atoms with Crippen LogP contribution >= 0.6 is 11.6 Å². The minimum Gasteiger partial charge on any atom is -0.351 e. The van der Waals surface area contributed by atoms with Crippen LogP contribution in [0.25, 0.3) is 10.9 Å². The number of H-pyrrole nitrogens is 1. The van der Waals surface area contributed by atoms with Gasteiger partial charge in [-0.25, -0.2) is 0 Å². The molecule has 26 heavy (non-hydrogen) atoms. The molecule has 0 aliphatic carbocycles. The number of carbonyl (C=O) groups is 2.